The van der Waals surface area contributed by atoms with Crippen molar-refractivity contribution in [2.75, 3.05) is 29.4 Å². The number of aromatic nitrogens is 4. The second-order valence-corrected chi connectivity index (χ2v) is 8.20. The minimum Gasteiger partial charge on any atom is -0.317 e. The lowest BCUT2D eigenvalue weighted by Gasteiger charge is -2.36. The molecule has 0 bridgehead atoms. The highest BCUT2D eigenvalue weighted by atomic mass is 32.2. The fourth-order valence-corrected chi connectivity index (χ4v) is 4.08. The molecule has 3 rings (SSSR count). The van der Waals surface area contributed by atoms with Gasteiger partial charge in [-0.1, -0.05) is 11.3 Å². The molecule has 2 aromatic heterocycles. The molecule has 0 unspecified atom stereocenters. The fourth-order valence-electron chi connectivity index (χ4n) is 2.61. The topological polar surface area (TPSA) is 131 Å². The van der Waals surface area contributed by atoms with Crippen LogP contribution in [-0.4, -0.2) is 53.6 Å². The molecule has 2 aromatic rings. The number of amides is 1. The van der Waals surface area contributed by atoms with Crippen LogP contribution in [-0.2, 0) is 20.4 Å². The number of carbonyl (C=O) groups is 1. The van der Waals surface area contributed by atoms with Crippen molar-refractivity contribution in [1.29, 1.82) is 0 Å². The Kier molecular flexibility index (Phi) is 4.51. The van der Waals surface area contributed by atoms with Gasteiger partial charge in [0.25, 0.3) is 5.91 Å². The fraction of sp³-hybridized carbons (Fsp3) is 0.500. The van der Waals surface area contributed by atoms with E-state index >= 15 is 0 Å². The van der Waals surface area contributed by atoms with Crippen LogP contribution >= 0.6 is 11.3 Å². The molecule has 0 atom stereocenters. The normalized spacial score (nSPS) is 17.4. The van der Waals surface area contributed by atoms with E-state index < -0.39 is 15.6 Å². The molecule has 0 aromatic carbocycles. The predicted molar refractivity (Wildman–Crippen MR) is 89.3 cm³/mol. The molecule has 0 spiro atoms. The first kappa shape index (κ1) is 16.8. The van der Waals surface area contributed by atoms with Gasteiger partial charge in [-0.3, -0.25) is 19.5 Å². The maximum atomic E-state index is 12.9. The Morgan fingerprint density at radius 3 is 2.67 bits per heavy atom. The molecule has 1 fully saturated rings. The molecule has 130 valence electrons. The monoisotopic (exact) mass is 371 g/mol. The lowest BCUT2D eigenvalue weighted by atomic mass is 9.87. The molecule has 12 heteroatoms. The summed E-state index contributed by atoms with van der Waals surface area (Å²) >= 11 is 0.958. The van der Waals surface area contributed by atoms with Crippen molar-refractivity contribution in [2.45, 2.75) is 18.4 Å². The maximum Gasteiger partial charge on any atom is 0.254 e. The average molecular weight is 371 g/mol. The standard InChI is InChI=1S/C12H17N7O3S2/c1-24(21,22)18-11-17-16-10(23-11)15-9(20)12(3-6-13-7-4-12)19-8-2-5-14-19/h2,5,8,13H,3-4,6-7H2,1H3,(H,17,18)(H,15,16,20). The molecular weight excluding hydrogens is 354 g/mol. The van der Waals surface area contributed by atoms with Gasteiger partial charge < -0.3 is 5.32 Å². The third kappa shape index (κ3) is 3.55. The van der Waals surface area contributed by atoms with Crippen LogP contribution in [0.4, 0.5) is 10.3 Å². The SMILES string of the molecule is CS(=O)(=O)Nc1nnc(NC(=O)C2(n3cccn3)CCNCC2)s1. The summed E-state index contributed by atoms with van der Waals surface area (Å²) in [7, 11) is -3.44. The van der Waals surface area contributed by atoms with Crippen LogP contribution in [0.1, 0.15) is 12.8 Å². The summed E-state index contributed by atoms with van der Waals surface area (Å²) in [5.41, 5.74) is -0.801. The lowest BCUT2D eigenvalue weighted by molar-refractivity contribution is -0.126. The zero-order chi connectivity index (χ0) is 17.2. The number of anilines is 2. The van der Waals surface area contributed by atoms with E-state index in [1.54, 1.807) is 23.1 Å². The van der Waals surface area contributed by atoms with Crippen LogP contribution in [0.3, 0.4) is 0 Å². The highest BCUT2D eigenvalue weighted by Gasteiger charge is 2.42. The molecule has 1 aliphatic heterocycles. The predicted octanol–water partition coefficient (Wildman–Crippen LogP) is -0.176. The van der Waals surface area contributed by atoms with Crippen LogP contribution in [0.5, 0.6) is 0 Å². The number of sulfonamides is 1. The Hall–Kier alpha value is -2.05. The van der Waals surface area contributed by atoms with Crippen LogP contribution < -0.4 is 15.4 Å². The summed E-state index contributed by atoms with van der Waals surface area (Å²) in [6, 6.07) is 1.77. The molecule has 3 heterocycles. The molecule has 0 aliphatic carbocycles. The molecule has 10 nitrogen and oxygen atoms in total. The third-order valence-electron chi connectivity index (χ3n) is 3.71. The van der Waals surface area contributed by atoms with Crippen LogP contribution in [0.15, 0.2) is 18.5 Å². The van der Waals surface area contributed by atoms with Gasteiger partial charge in [-0.15, -0.1) is 10.2 Å². The number of piperidine rings is 1. The first-order chi connectivity index (χ1) is 11.4. The van der Waals surface area contributed by atoms with Crippen molar-refractivity contribution in [3.63, 3.8) is 0 Å². The quantitative estimate of drug-likeness (QED) is 0.664. The molecule has 1 saturated heterocycles. The van der Waals surface area contributed by atoms with Crippen LogP contribution in [0.2, 0.25) is 0 Å². The Balaban J connectivity index is 1.79. The summed E-state index contributed by atoms with van der Waals surface area (Å²) in [4.78, 5) is 12.9. The van der Waals surface area contributed by atoms with E-state index in [1.807, 2.05) is 0 Å². The van der Waals surface area contributed by atoms with E-state index in [1.165, 1.54) is 0 Å². The number of rotatable bonds is 5. The molecule has 1 amide bonds. The summed E-state index contributed by atoms with van der Waals surface area (Å²) in [5, 5.41) is 18.1. The second kappa shape index (κ2) is 6.45. The van der Waals surface area contributed by atoms with E-state index in [0.29, 0.717) is 25.9 Å². The van der Waals surface area contributed by atoms with Crippen molar-refractivity contribution in [3.8, 4) is 0 Å². The maximum absolute atomic E-state index is 12.9. The van der Waals surface area contributed by atoms with Gasteiger partial charge in [-0.05, 0) is 32.0 Å². The number of nitrogens with zero attached hydrogens (tertiary/aromatic N) is 4. The zero-order valence-electron chi connectivity index (χ0n) is 12.9. The van der Waals surface area contributed by atoms with Gasteiger partial charge >= 0.3 is 0 Å². The smallest absolute Gasteiger partial charge is 0.254 e. The van der Waals surface area contributed by atoms with Gasteiger partial charge in [0.2, 0.25) is 20.3 Å². The van der Waals surface area contributed by atoms with Gasteiger partial charge in [-0.2, -0.15) is 5.10 Å². The molecule has 0 saturated carbocycles. The minimum atomic E-state index is -3.44. The molecule has 3 N–H and O–H groups in total. The first-order valence-electron chi connectivity index (χ1n) is 7.23. The van der Waals surface area contributed by atoms with Crippen molar-refractivity contribution < 1.29 is 13.2 Å². The van der Waals surface area contributed by atoms with Gasteiger partial charge in [0.05, 0.1) is 6.26 Å². The highest BCUT2D eigenvalue weighted by molar-refractivity contribution is 7.92. The van der Waals surface area contributed by atoms with E-state index in [9.17, 15) is 13.2 Å². The molecule has 0 radical (unpaired) electrons. The van der Waals surface area contributed by atoms with Gasteiger partial charge in [-0.25, -0.2) is 8.42 Å². The average Bonchev–Trinajstić information content (AvgIpc) is 3.18. The number of carbonyl (C=O) groups excluding carboxylic acids is 1. The van der Waals surface area contributed by atoms with Gasteiger partial charge in [0.15, 0.2) is 0 Å². The largest absolute Gasteiger partial charge is 0.317 e. The van der Waals surface area contributed by atoms with Crippen molar-refractivity contribution >= 4 is 37.5 Å². The van der Waals surface area contributed by atoms with Crippen molar-refractivity contribution in [2.24, 2.45) is 0 Å². The van der Waals surface area contributed by atoms with E-state index in [4.69, 9.17) is 0 Å². The molecule has 1 aliphatic rings. The summed E-state index contributed by atoms with van der Waals surface area (Å²) < 4.78 is 26.3. The molecular formula is C12H17N7O3S2. The summed E-state index contributed by atoms with van der Waals surface area (Å²) in [5.74, 6) is -0.241. The second-order valence-electron chi connectivity index (χ2n) is 5.47. The lowest BCUT2D eigenvalue weighted by Crippen LogP contribution is -2.52. The highest BCUT2D eigenvalue weighted by Crippen LogP contribution is 2.30. The summed E-state index contributed by atoms with van der Waals surface area (Å²) in [6.45, 7) is 1.40. The number of hydrogen-bond donors (Lipinski definition) is 3. The van der Waals surface area contributed by atoms with E-state index in [2.05, 4.69) is 30.7 Å². The Bertz CT molecular complexity index is 810. The van der Waals surface area contributed by atoms with E-state index in [0.717, 1.165) is 17.6 Å². The van der Waals surface area contributed by atoms with E-state index in [-0.39, 0.29) is 16.2 Å². The summed E-state index contributed by atoms with van der Waals surface area (Å²) in [6.07, 6.45) is 5.60. The number of hydrogen-bond acceptors (Lipinski definition) is 8. The Morgan fingerprint density at radius 1 is 1.33 bits per heavy atom. The Labute approximate surface area is 142 Å². The third-order valence-corrected chi connectivity index (χ3v) is 5.16. The Morgan fingerprint density at radius 2 is 2.04 bits per heavy atom. The van der Waals surface area contributed by atoms with Crippen LogP contribution in [0.25, 0.3) is 0 Å². The van der Waals surface area contributed by atoms with Crippen molar-refractivity contribution in [1.82, 2.24) is 25.3 Å². The van der Waals surface area contributed by atoms with Crippen LogP contribution in [0, 0.1) is 0 Å². The first-order valence-corrected chi connectivity index (χ1v) is 9.93. The minimum absolute atomic E-state index is 0.103. The molecule has 24 heavy (non-hydrogen) atoms. The number of nitrogens with one attached hydrogen (secondary N) is 3. The van der Waals surface area contributed by atoms with Gasteiger partial charge in [0.1, 0.15) is 5.54 Å². The van der Waals surface area contributed by atoms with Crippen molar-refractivity contribution in [3.05, 3.63) is 18.5 Å². The van der Waals surface area contributed by atoms with Gasteiger partial charge in [0, 0.05) is 12.4 Å². The zero-order valence-corrected chi connectivity index (χ0v) is 14.5.